The molecule has 0 spiro atoms. The number of non-ortho nitro benzene ring substituents is 1. The number of imide groups is 1. The van der Waals surface area contributed by atoms with Gasteiger partial charge in [-0.05, 0) is 73.5 Å². The fraction of sp³-hybridized carbons (Fsp3) is 0.0667. The van der Waals surface area contributed by atoms with Crippen LogP contribution < -0.4 is 10.2 Å². The smallest absolute Gasteiger partial charge is 0.269 e. The third-order valence-corrected chi connectivity index (χ3v) is 6.62. The number of nitrogens with one attached hydrogen (secondary N) is 1. The summed E-state index contributed by atoms with van der Waals surface area (Å²) < 4.78 is 0. The number of nitro groups is 1. The molecule has 1 aliphatic heterocycles. The van der Waals surface area contributed by atoms with E-state index >= 15 is 0 Å². The molecule has 0 saturated carbocycles. The molecule has 0 radical (unpaired) electrons. The number of carbonyl (C=O) groups excluding carboxylic acids is 4. The molecule has 5 rings (SSSR count). The zero-order chi connectivity index (χ0) is 27.8. The predicted molar refractivity (Wildman–Crippen MR) is 144 cm³/mol. The average molecular weight is 520 g/mol. The van der Waals surface area contributed by atoms with Gasteiger partial charge >= 0.3 is 0 Å². The van der Waals surface area contributed by atoms with Crippen LogP contribution in [0.2, 0.25) is 0 Å². The number of hydrogen-bond donors (Lipinski definition) is 1. The topological polar surface area (TPSA) is 127 Å². The van der Waals surface area contributed by atoms with Crippen molar-refractivity contribution in [2.24, 2.45) is 0 Å². The highest BCUT2D eigenvalue weighted by atomic mass is 16.6. The van der Waals surface area contributed by atoms with E-state index in [-0.39, 0.29) is 39.5 Å². The van der Waals surface area contributed by atoms with Crippen molar-refractivity contribution in [1.29, 1.82) is 0 Å². The van der Waals surface area contributed by atoms with E-state index in [0.717, 1.165) is 16.0 Å². The van der Waals surface area contributed by atoms with Crippen LogP contribution in [-0.4, -0.2) is 28.4 Å². The van der Waals surface area contributed by atoms with Gasteiger partial charge in [-0.15, -0.1) is 0 Å². The Morgan fingerprint density at radius 1 is 0.744 bits per heavy atom. The molecule has 1 heterocycles. The summed E-state index contributed by atoms with van der Waals surface area (Å²) >= 11 is 0. The second-order valence-corrected chi connectivity index (χ2v) is 9.14. The summed E-state index contributed by atoms with van der Waals surface area (Å²) in [6.45, 7) is 3.88. The van der Waals surface area contributed by atoms with Crippen molar-refractivity contribution in [2.75, 3.05) is 10.2 Å². The SMILES string of the molecule is Cc1ccc(C(=O)c2cccc(N3C(=O)c4ccc(NC(=O)c5ccc([N+](=O)[O-])cc5)cc4C3=O)c2)cc1C. The van der Waals surface area contributed by atoms with Gasteiger partial charge in [0.1, 0.15) is 0 Å². The number of benzene rings is 4. The molecule has 0 bridgehead atoms. The van der Waals surface area contributed by atoms with Crippen LogP contribution >= 0.6 is 0 Å². The van der Waals surface area contributed by atoms with E-state index in [9.17, 15) is 29.3 Å². The molecule has 4 aromatic rings. The Morgan fingerprint density at radius 3 is 2.10 bits per heavy atom. The molecule has 0 aromatic heterocycles. The highest BCUT2D eigenvalue weighted by Gasteiger charge is 2.37. The quantitative estimate of drug-likeness (QED) is 0.155. The Morgan fingerprint density at radius 2 is 1.41 bits per heavy atom. The molecule has 9 nitrogen and oxygen atoms in total. The largest absolute Gasteiger partial charge is 0.322 e. The minimum absolute atomic E-state index is 0.104. The van der Waals surface area contributed by atoms with Gasteiger partial charge < -0.3 is 5.32 Å². The maximum Gasteiger partial charge on any atom is 0.269 e. The molecule has 0 unspecified atom stereocenters. The van der Waals surface area contributed by atoms with E-state index in [2.05, 4.69) is 5.32 Å². The lowest BCUT2D eigenvalue weighted by Crippen LogP contribution is -2.29. The van der Waals surface area contributed by atoms with E-state index in [4.69, 9.17) is 0 Å². The molecule has 1 N–H and O–H groups in total. The molecule has 1 aliphatic rings. The van der Waals surface area contributed by atoms with Crippen LogP contribution in [0.5, 0.6) is 0 Å². The second kappa shape index (κ2) is 9.79. The Hall–Kier alpha value is -5.44. The molecule has 4 aromatic carbocycles. The van der Waals surface area contributed by atoms with Crippen molar-refractivity contribution in [1.82, 2.24) is 0 Å². The van der Waals surface area contributed by atoms with E-state index in [0.29, 0.717) is 11.1 Å². The first-order valence-corrected chi connectivity index (χ1v) is 11.9. The van der Waals surface area contributed by atoms with Crippen LogP contribution in [0.15, 0.2) is 84.9 Å². The van der Waals surface area contributed by atoms with Crippen LogP contribution in [0.3, 0.4) is 0 Å². The van der Waals surface area contributed by atoms with E-state index in [1.165, 1.54) is 48.5 Å². The molecule has 9 heteroatoms. The number of nitro benzene ring substituents is 1. The molecule has 0 atom stereocenters. The normalized spacial score (nSPS) is 12.3. The first-order valence-electron chi connectivity index (χ1n) is 11.9. The van der Waals surface area contributed by atoms with Crippen LogP contribution in [0.4, 0.5) is 17.1 Å². The van der Waals surface area contributed by atoms with E-state index < -0.39 is 22.6 Å². The van der Waals surface area contributed by atoms with Crippen molar-refractivity contribution in [3.63, 3.8) is 0 Å². The van der Waals surface area contributed by atoms with Crippen molar-refractivity contribution in [3.8, 4) is 0 Å². The van der Waals surface area contributed by atoms with Crippen molar-refractivity contribution < 1.29 is 24.1 Å². The molecule has 0 saturated heterocycles. The molecular weight excluding hydrogens is 498 g/mol. The van der Waals surface area contributed by atoms with E-state index in [1.807, 2.05) is 19.9 Å². The van der Waals surface area contributed by atoms with Gasteiger partial charge in [-0.3, -0.25) is 29.3 Å². The zero-order valence-electron chi connectivity index (χ0n) is 20.9. The third kappa shape index (κ3) is 4.69. The van der Waals surface area contributed by atoms with Crippen molar-refractivity contribution in [3.05, 3.63) is 134 Å². The van der Waals surface area contributed by atoms with Crippen LogP contribution in [0, 0.1) is 24.0 Å². The van der Waals surface area contributed by atoms with Gasteiger partial charge in [-0.25, -0.2) is 4.90 Å². The second-order valence-electron chi connectivity index (χ2n) is 9.14. The molecule has 0 fully saturated rings. The Bertz CT molecular complexity index is 1710. The minimum atomic E-state index is -0.586. The van der Waals surface area contributed by atoms with Gasteiger partial charge in [-0.1, -0.05) is 24.3 Å². The summed E-state index contributed by atoms with van der Waals surface area (Å²) in [4.78, 5) is 63.4. The summed E-state index contributed by atoms with van der Waals surface area (Å²) in [5.41, 5.74) is 3.74. The number of aryl methyl sites for hydroxylation is 2. The number of nitrogens with zero attached hydrogens (tertiary/aromatic N) is 2. The summed E-state index contributed by atoms with van der Waals surface area (Å²) in [5, 5.41) is 13.5. The monoisotopic (exact) mass is 519 g/mol. The van der Waals surface area contributed by atoms with Crippen molar-refractivity contribution >= 4 is 40.6 Å². The number of rotatable bonds is 6. The fourth-order valence-corrected chi connectivity index (χ4v) is 4.33. The Balaban J connectivity index is 1.38. The highest BCUT2D eigenvalue weighted by molar-refractivity contribution is 6.35. The standard InChI is InChI=1S/C30H21N3O6/c1-17-6-7-21(14-18(17)2)27(34)20-4-3-5-24(15-20)32-29(36)25-13-10-22(16-26(25)30(32)37)31-28(35)19-8-11-23(12-9-19)33(38)39/h3-16H,1-2H3,(H,31,35). The lowest BCUT2D eigenvalue weighted by Gasteiger charge is -2.15. The van der Waals surface area contributed by atoms with Crippen LogP contribution in [0.1, 0.15) is 58.1 Å². The number of ketones is 1. The maximum absolute atomic E-state index is 13.3. The average Bonchev–Trinajstić information content (AvgIpc) is 3.18. The number of carbonyl (C=O) groups is 4. The predicted octanol–water partition coefficient (Wildman–Crippen LogP) is 5.50. The first-order chi connectivity index (χ1) is 18.6. The summed E-state index contributed by atoms with van der Waals surface area (Å²) in [5.74, 6) is -1.89. The number of fused-ring (bicyclic) bond motifs is 1. The van der Waals surface area contributed by atoms with Gasteiger partial charge in [0.15, 0.2) is 5.78 Å². The van der Waals surface area contributed by atoms with Crippen LogP contribution in [-0.2, 0) is 0 Å². The molecule has 192 valence electrons. The van der Waals surface area contributed by atoms with Gasteiger partial charge in [-0.2, -0.15) is 0 Å². The molecule has 39 heavy (non-hydrogen) atoms. The lowest BCUT2D eigenvalue weighted by atomic mass is 9.99. The number of amides is 3. The number of anilines is 2. The van der Waals surface area contributed by atoms with Crippen molar-refractivity contribution in [2.45, 2.75) is 13.8 Å². The Kier molecular flexibility index (Phi) is 6.33. The van der Waals surface area contributed by atoms with Gasteiger partial charge in [0.05, 0.1) is 21.7 Å². The first kappa shape index (κ1) is 25.2. The summed E-state index contributed by atoms with van der Waals surface area (Å²) in [6.07, 6.45) is 0. The van der Waals surface area contributed by atoms with Gasteiger partial charge in [0, 0.05) is 34.5 Å². The van der Waals surface area contributed by atoms with Gasteiger partial charge in [0.2, 0.25) is 0 Å². The molecular formula is C30H21N3O6. The maximum atomic E-state index is 13.3. The summed E-state index contributed by atoms with van der Waals surface area (Å²) in [6, 6.07) is 21.2. The Labute approximate surface area is 222 Å². The molecule has 3 amide bonds. The highest BCUT2D eigenvalue weighted by Crippen LogP contribution is 2.31. The zero-order valence-corrected chi connectivity index (χ0v) is 20.9. The minimum Gasteiger partial charge on any atom is -0.322 e. The lowest BCUT2D eigenvalue weighted by molar-refractivity contribution is -0.384. The molecule has 0 aliphatic carbocycles. The third-order valence-electron chi connectivity index (χ3n) is 6.62. The van der Waals surface area contributed by atoms with E-state index in [1.54, 1.807) is 30.3 Å². The fourth-order valence-electron chi connectivity index (χ4n) is 4.33. The number of hydrogen-bond acceptors (Lipinski definition) is 6. The summed E-state index contributed by atoms with van der Waals surface area (Å²) in [7, 11) is 0. The van der Waals surface area contributed by atoms with Crippen LogP contribution in [0.25, 0.3) is 0 Å². The van der Waals surface area contributed by atoms with Gasteiger partial charge in [0.25, 0.3) is 23.4 Å².